The van der Waals surface area contributed by atoms with Gasteiger partial charge in [0.1, 0.15) is 54.9 Å². The first kappa shape index (κ1) is 32.8. The number of fused-ring (bicyclic) bond motifs is 1. The molecule has 11 N–H and O–H groups in total. The topological polar surface area (TPSA) is 252 Å². The molecule has 0 aromatic rings. The van der Waals surface area contributed by atoms with E-state index in [1.807, 2.05) is 0 Å². The third-order valence-corrected chi connectivity index (χ3v) is 9.78. The zero-order valence-electron chi connectivity index (χ0n) is 23.3. The van der Waals surface area contributed by atoms with Crippen LogP contribution in [0.4, 0.5) is 0 Å². The molecule has 5 aliphatic rings. The molecular weight excluding hydrogens is 564 g/mol. The van der Waals surface area contributed by atoms with Gasteiger partial charge < -0.3 is 74.7 Å². The average Bonchev–Trinajstić information content (AvgIpc) is 2.98. The number of aliphatic hydroxyl groups excluding tert-OH is 10. The van der Waals surface area contributed by atoms with Crippen LogP contribution in [0.5, 0.6) is 0 Å². The van der Waals surface area contributed by atoms with E-state index in [-0.39, 0.29) is 24.4 Å². The van der Waals surface area contributed by atoms with E-state index in [1.165, 1.54) is 0 Å². The number of hydrogen-bond donors (Lipinski definition) is 10. The summed E-state index contributed by atoms with van der Waals surface area (Å²) in [6, 6.07) is 0. The predicted octanol–water partition coefficient (Wildman–Crippen LogP) is -4.65. The number of ether oxygens (including phenoxy) is 5. The monoisotopic (exact) mass is 611 g/mol. The maximum Gasteiger partial charge on any atom is 0.187 e. The Morgan fingerprint density at radius 3 is 1.62 bits per heavy atom. The minimum atomic E-state index is -1.63. The SMILES string of the molecule is OC[C@H]1O[C@@H](OC2CC(O)CC3[OH+]C(C4CCC(O)CC4)C(O[C@@H]4O[C@H](CO)[C@@H](O)[C@H](O)[C@H]4O)CC23)[C@H](O)[C@@H](O)[C@@H]1O. The van der Waals surface area contributed by atoms with Gasteiger partial charge in [0.15, 0.2) is 24.8 Å². The molecular formula is C27H47O15+. The van der Waals surface area contributed by atoms with Gasteiger partial charge >= 0.3 is 0 Å². The van der Waals surface area contributed by atoms with Crippen LogP contribution in [0.3, 0.4) is 0 Å². The highest BCUT2D eigenvalue weighted by Crippen LogP contribution is 2.43. The van der Waals surface area contributed by atoms with Crippen LogP contribution in [0.2, 0.25) is 0 Å². The molecule has 0 spiro atoms. The molecule has 2 aliphatic carbocycles. The van der Waals surface area contributed by atoms with Crippen LogP contribution < -0.4 is 0 Å². The van der Waals surface area contributed by atoms with Gasteiger partial charge in [0.05, 0.1) is 37.4 Å². The van der Waals surface area contributed by atoms with Crippen molar-refractivity contribution in [1.29, 1.82) is 0 Å². The number of aliphatic hydroxyl groups is 12. The van der Waals surface area contributed by atoms with Crippen LogP contribution in [0, 0.1) is 11.8 Å². The van der Waals surface area contributed by atoms with E-state index in [1.54, 1.807) is 0 Å². The van der Waals surface area contributed by atoms with Crippen molar-refractivity contribution >= 4 is 0 Å². The summed E-state index contributed by atoms with van der Waals surface area (Å²) in [6.07, 6.45) is -14.8. The lowest BCUT2D eigenvalue weighted by Gasteiger charge is -2.50. The van der Waals surface area contributed by atoms with Crippen molar-refractivity contribution in [3.63, 3.8) is 0 Å². The molecule has 0 amide bonds. The summed E-state index contributed by atoms with van der Waals surface area (Å²) in [6.45, 7) is -1.23. The van der Waals surface area contributed by atoms with Gasteiger partial charge in [-0.15, -0.1) is 0 Å². The summed E-state index contributed by atoms with van der Waals surface area (Å²) in [5.74, 6) is -0.353. The predicted molar refractivity (Wildman–Crippen MR) is 138 cm³/mol. The molecule has 16 atom stereocenters. The first-order chi connectivity index (χ1) is 20.0. The first-order valence-electron chi connectivity index (χ1n) is 15.0. The second-order valence-electron chi connectivity index (χ2n) is 12.5. The molecule has 15 nitrogen and oxygen atoms in total. The zero-order valence-corrected chi connectivity index (χ0v) is 23.3. The summed E-state index contributed by atoms with van der Waals surface area (Å²) in [5.41, 5.74) is 0. The Labute approximate surface area is 243 Å². The summed E-state index contributed by atoms with van der Waals surface area (Å²) in [5, 5.41) is 102. The van der Waals surface area contributed by atoms with Crippen molar-refractivity contribution < 1.29 is 74.7 Å². The zero-order chi connectivity index (χ0) is 30.3. The van der Waals surface area contributed by atoms with E-state index in [2.05, 4.69) is 0 Å². The van der Waals surface area contributed by atoms with Crippen molar-refractivity contribution in [1.82, 2.24) is 0 Å². The van der Waals surface area contributed by atoms with Gasteiger partial charge in [-0.2, -0.15) is 0 Å². The van der Waals surface area contributed by atoms with Crippen LogP contribution in [0.1, 0.15) is 44.9 Å². The third kappa shape index (κ3) is 6.66. The second kappa shape index (κ2) is 13.8. The van der Waals surface area contributed by atoms with Gasteiger partial charge in [-0.25, -0.2) is 0 Å². The normalized spacial score (nSPS) is 53.9. The van der Waals surface area contributed by atoms with E-state index in [0.29, 0.717) is 38.5 Å². The summed E-state index contributed by atoms with van der Waals surface area (Å²) >= 11 is 0. The van der Waals surface area contributed by atoms with Crippen molar-refractivity contribution in [2.24, 2.45) is 11.8 Å². The van der Waals surface area contributed by atoms with Gasteiger partial charge in [-0.1, -0.05) is 0 Å². The van der Waals surface area contributed by atoms with Crippen LogP contribution >= 0.6 is 0 Å². The molecule has 3 heterocycles. The Morgan fingerprint density at radius 1 is 0.571 bits per heavy atom. The standard InChI is InChI=1S/C27H46O15/c28-8-17-19(32)21(34)23(36)26(41-17)39-15-6-12(31)5-14-13(15)7-16(25(38-14)10-1-3-11(30)4-2-10)40-27-24(37)22(35)20(33)18(9-29)42-27/h10-37H,1-9H2/p+1/t10?,11?,12?,13?,14?,15?,16?,17-,18-,19-,20-,21+,22+,23-,24-,25?,26-,27-/m1/s1. The highest BCUT2D eigenvalue weighted by molar-refractivity contribution is 4.99. The van der Waals surface area contributed by atoms with Gasteiger partial charge in [0, 0.05) is 18.8 Å². The lowest BCUT2D eigenvalue weighted by atomic mass is 9.73. The molecule has 2 saturated carbocycles. The highest BCUT2D eigenvalue weighted by Gasteiger charge is 2.56. The van der Waals surface area contributed by atoms with Crippen molar-refractivity contribution in [2.75, 3.05) is 13.2 Å². The van der Waals surface area contributed by atoms with Crippen LogP contribution in [0.15, 0.2) is 0 Å². The fourth-order valence-corrected chi connectivity index (χ4v) is 7.31. The minimum absolute atomic E-state index is 0.0214. The van der Waals surface area contributed by atoms with Gasteiger partial charge in [-0.3, -0.25) is 0 Å². The summed E-state index contributed by atoms with van der Waals surface area (Å²) < 4.78 is 28.7. The largest absolute Gasteiger partial charge is 0.427 e. The minimum Gasteiger partial charge on any atom is -0.427 e. The van der Waals surface area contributed by atoms with Crippen molar-refractivity contribution in [2.45, 2.75) is 143 Å². The molecule has 15 heteroatoms. The molecule has 5 rings (SSSR count). The molecule has 5 fully saturated rings. The Balaban J connectivity index is 1.36. The van der Waals surface area contributed by atoms with E-state index in [0.717, 1.165) is 0 Å². The highest BCUT2D eigenvalue weighted by atomic mass is 16.7. The van der Waals surface area contributed by atoms with E-state index >= 15 is 0 Å². The molecule has 244 valence electrons. The van der Waals surface area contributed by atoms with Crippen molar-refractivity contribution in [3.05, 3.63) is 0 Å². The molecule has 0 aromatic heterocycles. The Morgan fingerprint density at radius 2 is 1.10 bits per heavy atom. The molecule has 0 aromatic carbocycles. The van der Waals surface area contributed by atoms with Crippen LogP contribution in [-0.2, 0) is 18.9 Å². The smallest absolute Gasteiger partial charge is 0.187 e. The van der Waals surface area contributed by atoms with E-state index in [4.69, 9.17) is 23.7 Å². The molecule has 3 saturated heterocycles. The fourth-order valence-electron chi connectivity index (χ4n) is 7.31. The Bertz CT molecular complexity index is 855. The summed E-state index contributed by atoms with van der Waals surface area (Å²) in [7, 11) is 0. The molecule has 42 heavy (non-hydrogen) atoms. The van der Waals surface area contributed by atoms with E-state index in [9.17, 15) is 51.1 Å². The molecule has 3 aliphatic heterocycles. The van der Waals surface area contributed by atoms with Crippen LogP contribution in [-0.4, -0.2) is 167 Å². The fraction of sp³-hybridized carbons (Fsp3) is 1.00. The number of rotatable bonds is 7. The maximum absolute atomic E-state index is 10.7. The van der Waals surface area contributed by atoms with Crippen molar-refractivity contribution in [3.8, 4) is 0 Å². The Kier molecular flexibility index (Phi) is 10.8. The van der Waals surface area contributed by atoms with Gasteiger partial charge in [0.2, 0.25) is 0 Å². The van der Waals surface area contributed by atoms with Crippen LogP contribution in [0.25, 0.3) is 0 Å². The maximum atomic E-state index is 10.7. The molecule has 0 bridgehead atoms. The Hall–Kier alpha value is -0.600. The second-order valence-corrected chi connectivity index (χ2v) is 12.5. The summed E-state index contributed by atoms with van der Waals surface area (Å²) in [4.78, 5) is 0. The molecule has 6 unspecified atom stereocenters. The molecule has 0 radical (unpaired) electrons. The van der Waals surface area contributed by atoms with Gasteiger partial charge in [0.25, 0.3) is 0 Å². The van der Waals surface area contributed by atoms with Gasteiger partial charge in [-0.05, 0) is 32.1 Å². The first-order valence-corrected chi connectivity index (χ1v) is 15.0. The lowest BCUT2D eigenvalue weighted by Crippen LogP contribution is -2.64. The van der Waals surface area contributed by atoms with E-state index < -0.39 is 105 Å². The lowest BCUT2D eigenvalue weighted by molar-refractivity contribution is -0.366. The quantitative estimate of drug-likeness (QED) is 0.122. The third-order valence-electron chi connectivity index (χ3n) is 9.78. The number of hydrogen-bond acceptors (Lipinski definition) is 14. The average molecular weight is 612 g/mol.